The van der Waals surface area contributed by atoms with E-state index in [-0.39, 0.29) is 11.3 Å². The van der Waals surface area contributed by atoms with Crippen LogP contribution in [0, 0.1) is 0 Å². The minimum atomic E-state index is -0.612. The zero-order valence-corrected chi connectivity index (χ0v) is 16.1. The van der Waals surface area contributed by atoms with Gasteiger partial charge in [0, 0.05) is 22.7 Å². The second-order valence-electron chi connectivity index (χ2n) is 7.48. The van der Waals surface area contributed by atoms with Gasteiger partial charge in [0.15, 0.2) is 0 Å². The van der Waals surface area contributed by atoms with Crippen LogP contribution >= 0.6 is 0 Å². The number of hydrogen-bond donors (Lipinski definition) is 1. The first kappa shape index (κ1) is 17.5. The van der Waals surface area contributed by atoms with Gasteiger partial charge in [0.05, 0.1) is 20.8 Å². The molecule has 1 unspecified atom stereocenters. The molecule has 1 amide bonds. The molecular weight excluding hydrogens is 340 g/mol. The number of rotatable bonds is 4. The molecule has 2 aliphatic heterocycles. The average Bonchev–Trinajstić information content (AvgIpc) is 3.11. The number of hydrogen-bond acceptors (Lipinski definition) is 4. The van der Waals surface area contributed by atoms with Crippen molar-refractivity contribution in [1.82, 2.24) is 5.32 Å². The van der Waals surface area contributed by atoms with Crippen molar-refractivity contribution in [2.24, 2.45) is 0 Å². The number of methoxy groups -OCH3 is 2. The molecule has 0 aromatic heterocycles. The van der Waals surface area contributed by atoms with Gasteiger partial charge in [-0.15, -0.1) is 0 Å². The molecule has 27 heavy (non-hydrogen) atoms. The van der Waals surface area contributed by atoms with E-state index in [4.69, 9.17) is 9.47 Å². The summed E-state index contributed by atoms with van der Waals surface area (Å²) in [5.41, 5.74) is 2.37. The topological polar surface area (TPSA) is 50.8 Å². The molecule has 2 heterocycles. The molecule has 2 aliphatic rings. The highest BCUT2D eigenvalue weighted by Gasteiger charge is 2.59. The van der Waals surface area contributed by atoms with Crippen LogP contribution in [-0.4, -0.2) is 32.3 Å². The number of nitrogens with zero attached hydrogens (tertiary/aromatic N) is 1. The largest absolute Gasteiger partial charge is 0.497 e. The molecule has 0 radical (unpaired) electrons. The molecule has 2 aromatic rings. The molecule has 1 N–H and O–H groups in total. The Labute approximate surface area is 159 Å². The second kappa shape index (κ2) is 6.05. The number of fused-ring (bicyclic) bond motifs is 3. The summed E-state index contributed by atoms with van der Waals surface area (Å²) in [6.45, 7) is 4.70. The van der Waals surface area contributed by atoms with Crippen LogP contribution in [0.1, 0.15) is 25.0 Å². The summed E-state index contributed by atoms with van der Waals surface area (Å²) in [7, 11) is 3.27. The van der Waals surface area contributed by atoms with Crippen molar-refractivity contribution >= 4 is 17.7 Å². The molecule has 1 fully saturated rings. The van der Waals surface area contributed by atoms with E-state index in [1.807, 2.05) is 30.3 Å². The predicted octanol–water partition coefficient (Wildman–Crippen LogP) is 3.34. The molecule has 140 valence electrons. The minimum Gasteiger partial charge on any atom is -0.497 e. The maximum absolute atomic E-state index is 12.3. The standard InChI is InChI=1S/C22H24N2O3/c1-21(2)17-7-5-6-8-18(17)24-14-20(25)23-22(21,24)12-11-15-9-10-16(26-3)13-19(15)27-4/h5-13H,14H2,1-4H3,(H,23,25)/b12-11+. The van der Waals surface area contributed by atoms with Crippen molar-refractivity contribution < 1.29 is 14.3 Å². The Bertz CT molecular complexity index is 935. The molecule has 0 spiro atoms. The first-order chi connectivity index (χ1) is 12.9. The molecule has 1 atom stereocenters. The number of para-hydroxylation sites is 1. The fourth-order valence-electron chi connectivity index (χ4n) is 4.31. The molecule has 4 rings (SSSR count). The summed E-state index contributed by atoms with van der Waals surface area (Å²) in [6.07, 6.45) is 4.10. The maximum Gasteiger partial charge on any atom is 0.241 e. The summed E-state index contributed by atoms with van der Waals surface area (Å²) in [5.74, 6) is 1.50. The van der Waals surface area contributed by atoms with Crippen molar-refractivity contribution in [1.29, 1.82) is 0 Å². The number of carbonyl (C=O) groups excluding carboxylic acids is 1. The average molecular weight is 364 g/mol. The maximum atomic E-state index is 12.3. The van der Waals surface area contributed by atoms with E-state index in [1.54, 1.807) is 14.2 Å². The Kier molecular flexibility index (Phi) is 3.91. The highest BCUT2D eigenvalue weighted by atomic mass is 16.5. The Balaban J connectivity index is 1.81. The smallest absolute Gasteiger partial charge is 0.241 e. The lowest BCUT2D eigenvalue weighted by molar-refractivity contribution is -0.118. The molecule has 2 aromatic carbocycles. The third-order valence-electron chi connectivity index (χ3n) is 5.82. The normalized spacial score (nSPS) is 22.5. The molecule has 0 saturated carbocycles. The van der Waals surface area contributed by atoms with Crippen LogP contribution in [0.2, 0.25) is 0 Å². The first-order valence-electron chi connectivity index (χ1n) is 9.02. The summed E-state index contributed by atoms with van der Waals surface area (Å²) in [5, 5.41) is 3.23. The summed E-state index contributed by atoms with van der Waals surface area (Å²) in [4.78, 5) is 14.5. The van der Waals surface area contributed by atoms with Crippen LogP contribution < -0.4 is 19.7 Å². The van der Waals surface area contributed by atoms with Gasteiger partial charge in [0.25, 0.3) is 0 Å². The van der Waals surface area contributed by atoms with Gasteiger partial charge in [-0.05, 0) is 29.8 Å². The van der Waals surface area contributed by atoms with Crippen molar-refractivity contribution in [3.05, 3.63) is 59.7 Å². The van der Waals surface area contributed by atoms with Crippen LogP contribution in [-0.2, 0) is 10.2 Å². The zero-order valence-electron chi connectivity index (χ0n) is 16.1. The molecule has 1 saturated heterocycles. The van der Waals surface area contributed by atoms with Crippen LogP contribution in [0.15, 0.2) is 48.5 Å². The highest BCUT2D eigenvalue weighted by molar-refractivity contribution is 5.91. The van der Waals surface area contributed by atoms with Gasteiger partial charge in [0.2, 0.25) is 5.91 Å². The van der Waals surface area contributed by atoms with Crippen molar-refractivity contribution in [2.75, 3.05) is 25.7 Å². The van der Waals surface area contributed by atoms with E-state index < -0.39 is 5.66 Å². The van der Waals surface area contributed by atoms with Gasteiger partial charge in [-0.25, -0.2) is 0 Å². The predicted molar refractivity (Wildman–Crippen MR) is 106 cm³/mol. The number of nitrogens with one attached hydrogen (secondary N) is 1. The molecule has 0 bridgehead atoms. The Morgan fingerprint density at radius 1 is 1.11 bits per heavy atom. The van der Waals surface area contributed by atoms with E-state index in [2.05, 4.69) is 48.3 Å². The number of carbonyl (C=O) groups is 1. The van der Waals surface area contributed by atoms with Crippen LogP contribution in [0.25, 0.3) is 6.08 Å². The second-order valence-corrected chi connectivity index (χ2v) is 7.48. The summed E-state index contributed by atoms with van der Waals surface area (Å²) >= 11 is 0. The fraction of sp³-hybridized carbons (Fsp3) is 0.318. The van der Waals surface area contributed by atoms with Crippen molar-refractivity contribution in [2.45, 2.75) is 24.9 Å². The van der Waals surface area contributed by atoms with E-state index in [0.29, 0.717) is 6.54 Å². The third-order valence-corrected chi connectivity index (χ3v) is 5.82. The number of anilines is 1. The lowest BCUT2D eigenvalue weighted by atomic mass is 9.75. The van der Waals surface area contributed by atoms with Gasteiger partial charge in [-0.3, -0.25) is 4.79 Å². The lowest BCUT2D eigenvalue weighted by Crippen LogP contribution is -2.58. The van der Waals surface area contributed by atoms with E-state index in [0.717, 1.165) is 22.7 Å². The SMILES string of the molecule is COc1ccc(/C=C/C23NC(=O)CN2c2ccccc2C3(C)C)c(OC)c1. The Morgan fingerprint density at radius 3 is 2.63 bits per heavy atom. The zero-order chi connectivity index (χ0) is 19.2. The fourth-order valence-corrected chi connectivity index (χ4v) is 4.31. The van der Waals surface area contributed by atoms with Crippen molar-refractivity contribution in [3.8, 4) is 11.5 Å². The van der Waals surface area contributed by atoms with Crippen molar-refractivity contribution in [3.63, 3.8) is 0 Å². The highest BCUT2D eigenvalue weighted by Crippen LogP contribution is 2.52. The lowest BCUT2D eigenvalue weighted by Gasteiger charge is -2.40. The van der Waals surface area contributed by atoms with E-state index in [1.165, 1.54) is 5.56 Å². The third kappa shape index (κ3) is 2.41. The summed E-state index contributed by atoms with van der Waals surface area (Å²) < 4.78 is 10.8. The van der Waals surface area contributed by atoms with E-state index >= 15 is 0 Å². The van der Waals surface area contributed by atoms with Crippen LogP contribution in [0.3, 0.4) is 0 Å². The van der Waals surface area contributed by atoms with Gasteiger partial charge in [0.1, 0.15) is 17.2 Å². The monoisotopic (exact) mass is 364 g/mol. The quantitative estimate of drug-likeness (QED) is 0.904. The van der Waals surface area contributed by atoms with Crippen LogP contribution in [0.5, 0.6) is 11.5 Å². The molecule has 5 nitrogen and oxygen atoms in total. The minimum absolute atomic E-state index is 0.0314. The molecule has 5 heteroatoms. The van der Waals surface area contributed by atoms with Gasteiger partial charge in [-0.2, -0.15) is 0 Å². The summed E-state index contributed by atoms with van der Waals surface area (Å²) in [6, 6.07) is 14.0. The molecular formula is C22H24N2O3. The van der Waals surface area contributed by atoms with Gasteiger partial charge < -0.3 is 19.7 Å². The number of benzene rings is 2. The molecule has 0 aliphatic carbocycles. The van der Waals surface area contributed by atoms with Gasteiger partial charge >= 0.3 is 0 Å². The first-order valence-corrected chi connectivity index (χ1v) is 9.02. The van der Waals surface area contributed by atoms with Gasteiger partial charge in [-0.1, -0.05) is 38.1 Å². The number of ether oxygens (including phenoxy) is 2. The Hall–Kier alpha value is -2.95. The van der Waals surface area contributed by atoms with Crippen LogP contribution in [0.4, 0.5) is 5.69 Å². The van der Waals surface area contributed by atoms with E-state index in [9.17, 15) is 4.79 Å². The number of amides is 1. The Morgan fingerprint density at radius 2 is 1.89 bits per heavy atom.